The van der Waals surface area contributed by atoms with E-state index in [-0.39, 0.29) is 29.8 Å². The first kappa shape index (κ1) is 16.9. The lowest BCUT2D eigenvalue weighted by Crippen LogP contribution is -2.51. The molecule has 1 saturated heterocycles. The van der Waals surface area contributed by atoms with Gasteiger partial charge in [-0.05, 0) is 30.5 Å². The molecule has 1 aromatic carbocycles. The molecular formula is C21H19N3O4. The average molecular weight is 377 g/mol. The molecule has 4 heterocycles. The second-order valence-electron chi connectivity index (χ2n) is 7.74. The van der Waals surface area contributed by atoms with Crippen molar-refractivity contribution in [2.45, 2.75) is 18.9 Å². The highest BCUT2D eigenvalue weighted by Crippen LogP contribution is 2.35. The molecule has 0 saturated carbocycles. The van der Waals surface area contributed by atoms with Crippen LogP contribution in [0.1, 0.15) is 38.7 Å². The summed E-state index contributed by atoms with van der Waals surface area (Å²) in [6.07, 6.45) is 0.945. The molecule has 0 radical (unpaired) electrons. The van der Waals surface area contributed by atoms with Crippen LogP contribution in [0.25, 0.3) is 0 Å². The molecule has 5 rings (SSSR count). The van der Waals surface area contributed by atoms with Crippen molar-refractivity contribution in [3.63, 3.8) is 0 Å². The maximum Gasteiger partial charge on any atom is 0.262 e. The van der Waals surface area contributed by atoms with Crippen LogP contribution in [0.15, 0.2) is 47.3 Å². The first-order chi connectivity index (χ1) is 13.5. The second kappa shape index (κ2) is 6.15. The van der Waals surface area contributed by atoms with E-state index in [4.69, 9.17) is 0 Å². The SMILES string of the molecule is O=C(CN1C(=O)c2ccccc2C1=O)N1C[C@H]2C[C@H](C1)c1cccc(=O)n1C2. The number of hydrogen-bond donors (Lipinski definition) is 0. The van der Waals surface area contributed by atoms with Crippen molar-refractivity contribution in [1.82, 2.24) is 14.4 Å². The number of carbonyl (C=O) groups excluding carboxylic acids is 3. The van der Waals surface area contributed by atoms with E-state index in [1.54, 1.807) is 41.3 Å². The molecule has 0 unspecified atom stereocenters. The number of hydrogen-bond acceptors (Lipinski definition) is 4. The molecule has 0 aliphatic carbocycles. The summed E-state index contributed by atoms with van der Waals surface area (Å²) < 4.78 is 1.81. The van der Waals surface area contributed by atoms with Crippen LogP contribution in [-0.4, -0.2) is 51.7 Å². The van der Waals surface area contributed by atoms with Gasteiger partial charge in [0, 0.05) is 37.3 Å². The highest BCUT2D eigenvalue weighted by Gasteiger charge is 2.40. The van der Waals surface area contributed by atoms with Crippen LogP contribution >= 0.6 is 0 Å². The molecular weight excluding hydrogens is 358 g/mol. The highest BCUT2D eigenvalue weighted by atomic mass is 16.2. The fraction of sp³-hybridized carbons (Fsp3) is 0.333. The van der Waals surface area contributed by atoms with Gasteiger partial charge in [-0.25, -0.2) is 0 Å². The highest BCUT2D eigenvalue weighted by molar-refractivity contribution is 6.22. The van der Waals surface area contributed by atoms with Crippen LogP contribution < -0.4 is 5.56 Å². The molecule has 7 heteroatoms. The predicted molar refractivity (Wildman–Crippen MR) is 99.9 cm³/mol. The Labute approximate surface area is 161 Å². The number of rotatable bonds is 2. The van der Waals surface area contributed by atoms with E-state index in [0.29, 0.717) is 30.8 Å². The Bertz CT molecular complexity index is 1040. The number of piperidine rings is 1. The number of aromatic nitrogens is 1. The van der Waals surface area contributed by atoms with Gasteiger partial charge in [0.25, 0.3) is 17.4 Å². The van der Waals surface area contributed by atoms with E-state index in [1.165, 1.54) is 0 Å². The first-order valence-corrected chi connectivity index (χ1v) is 9.45. The van der Waals surface area contributed by atoms with Crippen LogP contribution in [0.2, 0.25) is 0 Å². The van der Waals surface area contributed by atoms with Gasteiger partial charge in [0.1, 0.15) is 6.54 Å². The van der Waals surface area contributed by atoms with Crippen molar-refractivity contribution in [2.24, 2.45) is 5.92 Å². The largest absolute Gasteiger partial charge is 0.340 e. The summed E-state index contributed by atoms with van der Waals surface area (Å²) >= 11 is 0. The van der Waals surface area contributed by atoms with Gasteiger partial charge in [0.05, 0.1) is 11.1 Å². The third-order valence-electron chi connectivity index (χ3n) is 6.00. The Balaban J connectivity index is 1.35. The molecule has 3 amide bonds. The number of carbonyl (C=O) groups is 3. The fourth-order valence-electron chi connectivity index (χ4n) is 4.72. The zero-order valence-electron chi connectivity index (χ0n) is 15.2. The van der Waals surface area contributed by atoms with Crippen LogP contribution in [-0.2, 0) is 11.3 Å². The summed E-state index contributed by atoms with van der Waals surface area (Å²) in [5.74, 6) is -0.743. The van der Waals surface area contributed by atoms with E-state index < -0.39 is 11.8 Å². The zero-order chi connectivity index (χ0) is 19.4. The Morgan fingerprint density at radius 1 is 0.893 bits per heavy atom. The molecule has 0 N–H and O–H groups in total. The number of nitrogens with zero attached hydrogens (tertiary/aromatic N) is 3. The zero-order valence-corrected chi connectivity index (χ0v) is 15.2. The smallest absolute Gasteiger partial charge is 0.262 e. The molecule has 2 bridgehead atoms. The van der Waals surface area contributed by atoms with Gasteiger partial charge in [-0.15, -0.1) is 0 Å². The van der Waals surface area contributed by atoms with Gasteiger partial charge >= 0.3 is 0 Å². The number of fused-ring (bicyclic) bond motifs is 5. The molecule has 0 spiro atoms. The predicted octanol–water partition coefficient (Wildman–Crippen LogP) is 1.09. The number of amides is 3. The van der Waals surface area contributed by atoms with Crippen LogP contribution in [0.5, 0.6) is 0 Å². The van der Waals surface area contributed by atoms with Crippen LogP contribution in [0, 0.1) is 5.92 Å². The van der Waals surface area contributed by atoms with Crippen molar-refractivity contribution in [3.8, 4) is 0 Å². The average Bonchev–Trinajstić information content (AvgIpc) is 2.94. The van der Waals surface area contributed by atoms with Gasteiger partial charge in [-0.3, -0.25) is 24.1 Å². The molecule has 28 heavy (non-hydrogen) atoms. The molecule has 1 aromatic heterocycles. The number of likely N-dealkylation sites (tertiary alicyclic amines) is 1. The van der Waals surface area contributed by atoms with Crippen molar-refractivity contribution < 1.29 is 14.4 Å². The molecule has 142 valence electrons. The molecule has 2 atom stereocenters. The fourth-order valence-corrected chi connectivity index (χ4v) is 4.72. The van der Waals surface area contributed by atoms with Crippen LogP contribution in [0.4, 0.5) is 0 Å². The minimum atomic E-state index is -0.414. The van der Waals surface area contributed by atoms with E-state index >= 15 is 0 Å². The first-order valence-electron chi connectivity index (χ1n) is 9.45. The number of benzene rings is 1. The quantitative estimate of drug-likeness (QED) is 0.734. The summed E-state index contributed by atoms with van der Waals surface area (Å²) in [5.41, 5.74) is 1.66. The molecule has 2 aromatic rings. The summed E-state index contributed by atoms with van der Waals surface area (Å²) in [4.78, 5) is 52.9. The van der Waals surface area contributed by atoms with Gasteiger partial charge in [0.2, 0.25) is 5.91 Å². The normalized spacial score (nSPS) is 22.9. The monoisotopic (exact) mass is 377 g/mol. The van der Waals surface area contributed by atoms with Gasteiger partial charge in [-0.1, -0.05) is 18.2 Å². The van der Waals surface area contributed by atoms with Crippen molar-refractivity contribution in [1.29, 1.82) is 0 Å². The van der Waals surface area contributed by atoms with Gasteiger partial charge in [-0.2, -0.15) is 0 Å². The Morgan fingerprint density at radius 3 is 2.32 bits per heavy atom. The summed E-state index contributed by atoms with van der Waals surface area (Å²) in [7, 11) is 0. The summed E-state index contributed by atoms with van der Waals surface area (Å²) in [5, 5.41) is 0. The topological polar surface area (TPSA) is 79.7 Å². The third-order valence-corrected chi connectivity index (χ3v) is 6.00. The lowest BCUT2D eigenvalue weighted by molar-refractivity contribution is -0.134. The second-order valence-corrected chi connectivity index (χ2v) is 7.74. The number of pyridine rings is 1. The molecule has 3 aliphatic rings. The van der Waals surface area contributed by atoms with Gasteiger partial charge in [0.15, 0.2) is 0 Å². The van der Waals surface area contributed by atoms with Crippen LogP contribution in [0.3, 0.4) is 0 Å². The lowest BCUT2D eigenvalue weighted by atomic mass is 9.83. The lowest BCUT2D eigenvalue weighted by Gasteiger charge is -2.43. The van der Waals surface area contributed by atoms with Crippen molar-refractivity contribution in [2.75, 3.05) is 19.6 Å². The number of imide groups is 1. The maximum atomic E-state index is 12.9. The Kier molecular flexibility index (Phi) is 3.72. The van der Waals surface area contributed by atoms with E-state index in [0.717, 1.165) is 17.0 Å². The Morgan fingerprint density at radius 2 is 1.61 bits per heavy atom. The standard InChI is InChI=1S/C21H19N3O4/c25-18-7-3-6-17-14-8-13(10-23(17)18)9-22(11-14)19(26)12-24-20(27)15-4-1-2-5-16(15)21(24)28/h1-7,13-14H,8-12H2/t13-,14-/m1/s1. The molecule has 7 nitrogen and oxygen atoms in total. The Hall–Kier alpha value is -3.22. The molecule has 3 aliphatic heterocycles. The van der Waals surface area contributed by atoms with E-state index in [2.05, 4.69) is 0 Å². The van der Waals surface area contributed by atoms with E-state index in [9.17, 15) is 19.2 Å². The van der Waals surface area contributed by atoms with Gasteiger partial charge < -0.3 is 9.47 Å². The minimum absolute atomic E-state index is 0.00185. The summed E-state index contributed by atoms with van der Waals surface area (Å²) in [6, 6.07) is 11.9. The minimum Gasteiger partial charge on any atom is -0.340 e. The van der Waals surface area contributed by atoms with E-state index in [1.807, 2.05) is 10.6 Å². The third kappa shape index (κ3) is 2.50. The summed E-state index contributed by atoms with van der Waals surface area (Å²) in [6.45, 7) is 1.40. The molecule has 1 fully saturated rings. The van der Waals surface area contributed by atoms with Crippen molar-refractivity contribution in [3.05, 3.63) is 69.6 Å². The maximum absolute atomic E-state index is 12.9. The van der Waals surface area contributed by atoms with Crippen molar-refractivity contribution >= 4 is 17.7 Å².